The number of thiazole rings is 2. The van der Waals surface area contributed by atoms with Gasteiger partial charge in [-0.3, -0.25) is 23.9 Å². The molecule has 0 aliphatic carbocycles. The lowest BCUT2D eigenvalue weighted by molar-refractivity contribution is -0.122. The largest absolute Gasteiger partial charge is 0.351 e. The third-order valence-corrected chi connectivity index (χ3v) is 9.99. The van der Waals surface area contributed by atoms with Gasteiger partial charge in [-0.05, 0) is 50.2 Å². The van der Waals surface area contributed by atoms with Gasteiger partial charge in [0.1, 0.15) is 21.4 Å². The van der Waals surface area contributed by atoms with Gasteiger partial charge in [0, 0.05) is 49.6 Å². The predicted octanol–water partition coefficient (Wildman–Crippen LogP) is 4.61. The third kappa shape index (κ3) is 9.13. The topological polar surface area (TPSA) is 151 Å². The molecule has 3 N–H and O–H groups in total. The van der Waals surface area contributed by atoms with E-state index in [2.05, 4.69) is 44.9 Å². The average molecular weight is 691 g/mol. The van der Waals surface area contributed by atoms with Crippen LogP contribution >= 0.6 is 22.7 Å². The van der Waals surface area contributed by atoms with Crippen LogP contribution in [0, 0.1) is 12.8 Å². The minimum absolute atomic E-state index is 0.150. The molecule has 1 aliphatic heterocycles. The Morgan fingerprint density at radius 2 is 1.60 bits per heavy atom. The summed E-state index contributed by atoms with van der Waals surface area (Å²) >= 11 is 2.65. The van der Waals surface area contributed by atoms with Crippen LogP contribution in [-0.2, 0) is 18.3 Å². The van der Waals surface area contributed by atoms with Crippen molar-refractivity contribution in [3.05, 3.63) is 85.5 Å². The monoisotopic (exact) mass is 690 g/mol. The Morgan fingerprint density at radius 1 is 0.938 bits per heavy atom. The molecular formula is C34H42N8O4S2. The number of carbonyl (C=O) groups is 4. The van der Waals surface area contributed by atoms with Gasteiger partial charge < -0.3 is 20.9 Å². The highest BCUT2D eigenvalue weighted by molar-refractivity contribution is 7.10. The van der Waals surface area contributed by atoms with E-state index < -0.39 is 6.04 Å². The van der Waals surface area contributed by atoms with Gasteiger partial charge >= 0.3 is 0 Å². The molecule has 4 aromatic rings. The van der Waals surface area contributed by atoms with Gasteiger partial charge in [-0.15, -0.1) is 22.7 Å². The highest BCUT2D eigenvalue weighted by atomic mass is 32.1. The molecule has 0 radical (unpaired) electrons. The fraction of sp³-hybridized carbons (Fsp3) is 0.441. The molecule has 4 heterocycles. The van der Waals surface area contributed by atoms with E-state index in [0.29, 0.717) is 61.0 Å². The van der Waals surface area contributed by atoms with E-state index >= 15 is 0 Å². The first-order valence-corrected chi connectivity index (χ1v) is 18.0. The van der Waals surface area contributed by atoms with E-state index in [4.69, 9.17) is 0 Å². The quantitative estimate of drug-likeness (QED) is 0.277. The fourth-order valence-corrected chi connectivity index (χ4v) is 7.19. The zero-order chi connectivity index (χ0) is 34.2. The van der Waals surface area contributed by atoms with Crippen molar-refractivity contribution in [2.75, 3.05) is 19.6 Å². The smallest absolute Gasteiger partial charge is 0.274 e. The molecule has 0 unspecified atom stereocenters. The molecule has 0 fully saturated rings. The molecule has 0 spiro atoms. The van der Waals surface area contributed by atoms with Gasteiger partial charge in [-0.2, -0.15) is 5.10 Å². The van der Waals surface area contributed by atoms with Crippen LogP contribution in [0.4, 0.5) is 0 Å². The maximum absolute atomic E-state index is 13.5. The number of benzene rings is 1. The van der Waals surface area contributed by atoms with Crippen molar-refractivity contribution in [2.45, 2.75) is 65.0 Å². The molecule has 3 aromatic heterocycles. The molecule has 14 heteroatoms. The number of nitrogens with one attached hydrogen (secondary N) is 3. The summed E-state index contributed by atoms with van der Waals surface area (Å²) in [5.41, 5.74) is 2.74. The van der Waals surface area contributed by atoms with Gasteiger partial charge in [0.05, 0.1) is 12.1 Å². The Kier molecular flexibility index (Phi) is 11.7. The number of rotatable bonds is 5. The standard InChI is InChI=1S/C34H42N8O4S2/c1-21(2)16-24-32-39-28(20-48-32)31(45)37-25(18-23-10-6-5-7-11-23)33-38-27(19-47-33)30(44)35-13-9-15-42(14-8-12-29(43)36-24)34(46)26-17-22(3)41(4)40-26/h5-7,10-11,17,19-21,24-25H,8-9,12-16,18H2,1-4H3,(H,35,44)(H,36,43)(H,37,45)/t24-,25-/m0/s1. The predicted molar refractivity (Wildman–Crippen MR) is 185 cm³/mol. The van der Waals surface area contributed by atoms with Crippen molar-refractivity contribution in [3.63, 3.8) is 0 Å². The molecule has 48 heavy (non-hydrogen) atoms. The Morgan fingerprint density at radius 3 is 2.27 bits per heavy atom. The van der Waals surface area contributed by atoms with Crippen LogP contribution in [0.3, 0.4) is 0 Å². The summed E-state index contributed by atoms with van der Waals surface area (Å²) in [5.74, 6) is -0.783. The minimum Gasteiger partial charge on any atom is -0.351 e. The number of hydrogen-bond donors (Lipinski definition) is 3. The van der Waals surface area contributed by atoms with E-state index in [1.165, 1.54) is 22.7 Å². The molecule has 254 valence electrons. The van der Waals surface area contributed by atoms with Crippen LogP contribution in [-0.4, -0.2) is 67.9 Å². The number of nitrogens with zero attached hydrogens (tertiary/aromatic N) is 5. The van der Waals surface area contributed by atoms with E-state index in [1.807, 2.05) is 37.3 Å². The van der Waals surface area contributed by atoms with Crippen LogP contribution in [0.1, 0.15) is 104 Å². The first-order valence-electron chi connectivity index (χ1n) is 16.2. The van der Waals surface area contributed by atoms with Gasteiger partial charge in [-0.1, -0.05) is 44.2 Å². The Labute approximate surface area is 288 Å². The SMILES string of the molecule is Cc1cc(C(=O)N2CCCNC(=O)c3csc(n3)[C@H](Cc3ccccc3)NC(=O)c3csc(n3)[C@H](CC(C)C)NC(=O)CCC2)nn1C. The maximum atomic E-state index is 13.5. The van der Waals surface area contributed by atoms with Crippen LogP contribution in [0.15, 0.2) is 47.2 Å². The molecule has 1 aromatic carbocycles. The van der Waals surface area contributed by atoms with Crippen molar-refractivity contribution in [3.8, 4) is 0 Å². The summed E-state index contributed by atoms with van der Waals surface area (Å²) in [4.78, 5) is 64.3. The summed E-state index contributed by atoms with van der Waals surface area (Å²) in [5, 5.41) is 18.1. The summed E-state index contributed by atoms with van der Waals surface area (Å²) in [6.45, 7) is 7.09. The molecule has 4 amide bonds. The van der Waals surface area contributed by atoms with Crippen molar-refractivity contribution in [1.29, 1.82) is 0 Å². The second-order valence-electron chi connectivity index (χ2n) is 12.4. The molecular weight excluding hydrogens is 649 g/mol. The molecule has 5 rings (SSSR count). The number of hydrogen-bond acceptors (Lipinski definition) is 9. The lowest BCUT2D eigenvalue weighted by atomic mass is 10.0. The number of aryl methyl sites for hydroxylation is 2. The number of fused-ring (bicyclic) bond motifs is 4. The van der Waals surface area contributed by atoms with E-state index in [1.54, 1.807) is 33.5 Å². The third-order valence-electron chi connectivity index (χ3n) is 8.08. The average Bonchev–Trinajstić information content (AvgIpc) is 3.82. The van der Waals surface area contributed by atoms with Crippen LogP contribution in [0.2, 0.25) is 0 Å². The zero-order valence-electron chi connectivity index (χ0n) is 27.7. The summed E-state index contributed by atoms with van der Waals surface area (Å²) in [6, 6.07) is 10.7. The zero-order valence-corrected chi connectivity index (χ0v) is 29.3. The maximum Gasteiger partial charge on any atom is 0.274 e. The lowest BCUT2D eigenvalue weighted by Gasteiger charge is -2.22. The number of aromatic nitrogens is 4. The second-order valence-corrected chi connectivity index (χ2v) is 14.2. The van der Waals surface area contributed by atoms with Crippen LogP contribution in [0.5, 0.6) is 0 Å². The fourth-order valence-electron chi connectivity index (χ4n) is 5.48. The summed E-state index contributed by atoms with van der Waals surface area (Å²) in [7, 11) is 1.79. The molecule has 0 saturated heterocycles. The van der Waals surface area contributed by atoms with Gasteiger partial charge in [0.2, 0.25) is 5.91 Å². The van der Waals surface area contributed by atoms with Gasteiger partial charge in [0.25, 0.3) is 17.7 Å². The summed E-state index contributed by atoms with van der Waals surface area (Å²) < 4.78 is 1.66. The molecule has 2 atom stereocenters. The van der Waals surface area contributed by atoms with Crippen molar-refractivity contribution in [1.82, 2.24) is 40.6 Å². The second kappa shape index (κ2) is 16.1. The van der Waals surface area contributed by atoms with Crippen LogP contribution in [0.25, 0.3) is 0 Å². The highest BCUT2D eigenvalue weighted by Gasteiger charge is 2.26. The highest BCUT2D eigenvalue weighted by Crippen LogP contribution is 2.27. The molecule has 4 bridgehead atoms. The Balaban J connectivity index is 1.41. The minimum atomic E-state index is -0.494. The van der Waals surface area contributed by atoms with Crippen molar-refractivity contribution < 1.29 is 19.2 Å². The van der Waals surface area contributed by atoms with Crippen molar-refractivity contribution >= 4 is 46.3 Å². The lowest BCUT2D eigenvalue weighted by Crippen LogP contribution is -2.36. The van der Waals surface area contributed by atoms with E-state index in [0.717, 1.165) is 11.3 Å². The van der Waals surface area contributed by atoms with E-state index in [-0.39, 0.29) is 53.4 Å². The molecule has 0 saturated carbocycles. The molecule has 12 nitrogen and oxygen atoms in total. The normalized spacial score (nSPS) is 18.5. The van der Waals surface area contributed by atoms with Gasteiger partial charge in [0.15, 0.2) is 5.69 Å². The van der Waals surface area contributed by atoms with Crippen molar-refractivity contribution in [2.24, 2.45) is 13.0 Å². The number of carbonyl (C=O) groups excluding carboxylic acids is 4. The Hall–Kier alpha value is -4.43. The molecule has 1 aliphatic rings. The first kappa shape index (κ1) is 34.9. The van der Waals surface area contributed by atoms with Gasteiger partial charge in [-0.25, -0.2) is 9.97 Å². The van der Waals surface area contributed by atoms with Crippen LogP contribution < -0.4 is 16.0 Å². The number of amides is 4. The summed E-state index contributed by atoms with van der Waals surface area (Å²) in [6.07, 6.45) is 2.29. The first-order chi connectivity index (χ1) is 23.1. The Bertz CT molecular complexity index is 1710. The van der Waals surface area contributed by atoms with E-state index in [9.17, 15) is 19.2 Å².